The molecular weight excluding hydrogens is 240 g/mol. The first-order valence-corrected chi connectivity index (χ1v) is 6.95. The third kappa shape index (κ3) is 3.25. The van der Waals surface area contributed by atoms with Crippen LogP contribution in [-0.4, -0.2) is 48.1 Å². The van der Waals surface area contributed by atoms with E-state index < -0.39 is 0 Å². The van der Waals surface area contributed by atoms with Crippen molar-refractivity contribution < 1.29 is 9.53 Å². The summed E-state index contributed by atoms with van der Waals surface area (Å²) in [5.74, 6) is 0.196. The van der Waals surface area contributed by atoms with E-state index in [-0.39, 0.29) is 5.78 Å². The van der Waals surface area contributed by atoms with Crippen LogP contribution in [-0.2, 0) is 11.8 Å². The lowest BCUT2D eigenvalue weighted by atomic mass is 10.1. The lowest BCUT2D eigenvalue weighted by molar-refractivity contribution is 0.0740. The molecule has 4 heteroatoms. The van der Waals surface area contributed by atoms with Crippen molar-refractivity contribution in [1.29, 1.82) is 0 Å². The highest BCUT2D eigenvalue weighted by molar-refractivity contribution is 5.99. The number of hydrogen-bond acceptors (Lipinski definition) is 3. The molecule has 1 aliphatic rings. The van der Waals surface area contributed by atoms with E-state index in [4.69, 9.17) is 4.74 Å². The average Bonchev–Trinajstić information content (AvgIpc) is 2.93. The minimum absolute atomic E-state index is 0.196. The zero-order valence-corrected chi connectivity index (χ0v) is 12.4. The summed E-state index contributed by atoms with van der Waals surface area (Å²) in [7, 11) is 3.99. The fourth-order valence-electron chi connectivity index (χ4n) is 2.67. The maximum absolute atomic E-state index is 12.3. The van der Waals surface area contributed by atoms with Crippen molar-refractivity contribution in [3.05, 3.63) is 23.0 Å². The van der Waals surface area contributed by atoms with Gasteiger partial charge in [0.1, 0.15) is 0 Å². The third-order valence-electron chi connectivity index (χ3n) is 4.03. The van der Waals surface area contributed by atoms with Crippen molar-refractivity contribution in [3.63, 3.8) is 0 Å². The van der Waals surface area contributed by atoms with Gasteiger partial charge in [-0.3, -0.25) is 9.69 Å². The fourth-order valence-corrected chi connectivity index (χ4v) is 2.67. The van der Waals surface area contributed by atoms with Crippen LogP contribution in [0.3, 0.4) is 0 Å². The smallest absolute Gasteiger partial charge is 0.178 e. The molecule has 0 saturated carbocycles. The average molecular weight is 264 g/mol. The molecule has 1 aromatic heterocycles. The number of aromatic nitrogens is 1. The maximum Gasteiger partial charge on any atom is 0.178 e. The zero-order valence-electron chi connectivity index (χ0n) is 12.4. The highest BCUT2D eigenvalue weighted by atomic mass is 16.5. The molecule has 0 radical (unpaired) electrons. The molecule has 1 atom stereocenters. The number of nitrogens with zero attached hydrogens (tertiary/aromatic N) is 2. The summed E-state index contributed by atoms with van der Waals surface area (Å²) < 4.78 is 7.66. The van der Waals surface area contributed by atoms with Gasteiger partial charge >= 0.3 is 0 Å². The number of carbonyl (C=O) groups is 1. The molecule has 0 aliphatic carbocycles. The standard InChI is InChI=1S/C15H24N2O2/c1-11-8-14(12(2)17(11)4)15(18)10-16(3)9-13-6-5-7-19-13/h8,13H,5-7,9-10H2,1-4H3. The first kappa shape index (κ1) is 14.3. The van der Waals surface area contributed by atoms with Gasteiger partial charge in [-0.05, 0) is 39.8 Å². The summed E-state index contributed by atoms with van der Waals surface area (Å²) in [6.07, 6.45) is 2.56. The Balaban J connectivity index is 1.94. The molecule has 2 rings (SSSR count). The van der Waals surface area contributed by atoms with E-state index >= 15 is 0 Å². The Morgan fingerprint density at radius 3 is 2.79 bits per heavy atom. The van der Waals surface area contributed by atoms with E-state index in [1.54, 1.807) is 0 Å². The second-order valence-corrected chi connectivity index (χ2v) is 5.60. The fraction of sp³-hybridized carbons (Fsp3) is 0.667. The molecule has 4 nitrogen and oxygen atoms in total. The number of ketones is 1. The summed E-state index contributed by atoms with van der Waals surface area (Å²) in [6, 6.07) is 1.98. The number of hydrogen-bond donors (Lipinski definition) is 0. The van der Waals surface area contributed by atoms with Crippen LogP contribution in [0.15, 0.2) is 6.07 Å². The Labute approximate surface area is 115 Å². The van der Waals surface area contributed by atoms with Crippen molar-refractivity contribution in [2.45, 2.75) is 32.8 Å². The Kier molecular flexibility index (Phi) is 4.42. The zero-order chi connectivity index (χ0) is 14.0. The van der Waals surface area contributed by atoms with E-state index in [1.807, 2.05) is 34.0 Å². The van der Waals surface area contributed by atoms with Gasteiger partial charge < -0.3 is 9.30 Å². The molecule has 0 bridgehead atoms. The Morgan fingerprint density at radius 1 is 1.53 bits per heavy atom. The molecule has 106 valence electrons. The molecule has 0 aromatic carbocycles. The second-order valence-electron chi connectivity index (χ2n) is 5.60. The van der Waals surface area contributed by atoms with Crippen LogP contribution < -0.4 is 0 Å². The Morgan fingerprint density at radius 2 is 2.26 bits per heavy atom. The molecule has 2 heterocycles. The first-order chi connectivity index (χ1) is 8.99. The van der Waals surface area contributed by atoms with Gasteiger partial charge in [0.25, 0.3) is 0 Å². The molecule has 0 N–H and O–H groups in total. The molecule has 1 aliphatic heterocycles. The summed E-state index contributed by atoms with van der Waals surface area (Å²) >= 11 is 0. The highest BCUT2D eigenvalue weighted by Gasteiger charge is 2.20. The number of likely N-dealkylation sites (N-methyl/N-ethyl adjacent to an activating group) is 1. The van der Waals surface area contributed by atoms with E-state index in [9.17, 15) is 4.79 Å². The van der Waals surface area contributed by atoms with E-state index in [0.717, 1.165) is 42.9 Å². The van der Waals surface area contributed by atoms with Crippen LogP contribution in [0.25, 0.3) is 0 Å². The van der Waals surface area contributed by atoms with Crippen LogP contribution in [0.4, 0.5) is 0 Å². The van der Waals surface area contributed by atoms with Gasteiger partial charge in [-0.15, -0.1) is 0 Å². The van der Waals surface area contributed by atoms with Crippen LogP contribution in [0, 0.1) is 13.8 Å². The number of ether oxygens (including phenoxy) is 1. The van der Waals surface area contributed by atoms with Crippen LogP contribution >= 0.6 is 0 Å². The van der Waals surface area contributed by atoms with Crippen molar-refractivity contribution in [3.8, 4) is 0 Å². The summed E-state index contributed by atoms with van der Waals surface area (Å²) in [5.41, 5.74) is 3.02. The van der Waals surface area contributed by atoms with Crippen LogP contribution in [0.5, 0.6) is 0 Å². The monoisotopic (exact) mass is 264 g/mol. The largest absolute Gasteiger partial charge is 0.377 e. The van der Waals surface area contributed by atoms with Crippen molar-refractivity contribution in [1.82, 2.24) is 9.47 Å². The summed E-state index contributed by atoms with van der Waals surface area (Å²) in [5, 5.41) is 0. The first-order valence-electron chi connectivity index (χ1n) is 6.95. The quantitative estimate of drug-likeness (QED) is 0.762. The molecule has 1 unspecified atom stereocenters. The minimum atomic E-state index is 0.196. The summed E-state index contributed by atoms with van der Waals surface area (Å²) in [6.45, 7) is 6.20. The molecule has 0 amide bonds. The van der Waals surface area contributed by atoms with Crippen molar-refractivity contribution in [2.75, 3.05) is 26.7 Å². The lowest BCUT2D eigenvalue weighted by Gasteiger charge is -2.19. The Bertz CT molecular complexity index is 459. The van der Waals surface area contributed by atoms with E-state index in [0.29, 0.717) is 12.6 Å². The van der Waals surface area contributed by atoms with E-state index in [1.165, 1.54) is 0 Å². The third-order valence-corrected chi connectivity index (χ3v) is 4.03. The minimum Gasteiger partial charge on any atom is -0.377 e. The predicted molar refractivity (Wildman–Crippen MR) is 75.7 cm³/mol. The lowest BCUT2D eigenvalue weighted by Crippen LogP contribution is -2.33. The number of aryl methyl sites for hydroxylation is 1. The molecule has 0 spiro atoms. The topological polar surface area (TPSA) is 34.5 Å². The van der Waals surface area contributed by atoms with Gasteiger partial charge in [0.2, 0.25) is 0 Å². The highest BCUT2D eigenvalue weighted by Crippen LogP contribution is 2.16. The maximum atomic E-state index is 12.3. The molecule has 19 heavy (non-hydrogen) atoms. The number of rotatable bonds is 5. The molecule has 1 saturated heterocycles. The molecule has 1 aromatic rings. The van der Waals surface area contributed by atoms with Gasteiger partial charge in [0, 0.05) is 37.2 Å². The SMILES string of the molecule is Cc1cc(C(=O)CN(C)CC2CCCO2)c(C)n1C. The number of carbonyl (C=O) groups excluding carboxylic acids is 1. The Hall–Kier alpha value is -1.13. The van der Waals surface area contributed by atoms with Crippen molar-refractivity contribution in [2.24, 2.45) is 7.05 Å². The van der Waals surface area contributed by atoms with Gasteiger partial charge in [0.15, 0.2) is 5.78 Å². The second kappa shape index (κ2) is 5.88. The molecule has 1 fully saturated rings. The normalized spacial score (nSPS) is 19.3. The van der Waals surface area contributed by atoms with Gasteiger partial charge in [-0.2, -0.15) is 0 Å². The van der Waals surface area contributed by atoms with Crippen LogP contribution in [0.2, 0.25) is 0 Å². The van der Waals surface area contributed by atoms with Gasteiger partial charge in [-0.1, -0.05) is 0 Å². The van der Waals surface area contributed by atoms with E-state index in [2.05, 4.69) is 9.47 Å². The van der Waals surface area contributed by atoms with Crippen molar-refractivity contribution >= 4 is 5.78 Å². The van der Waals surface area contributed by atoms with Crippen LogP contribution in [0.1, 0.15) is 34.6 Å². The van der Waals surface area contributed by atoms with Gasteiger partial charge in [0.05, 0.1) is 12.6 Å². The van der Waals surface area contributed by atoms with Gasteiger partial charge in [-0.25, -0.2) is 0 Å². The number of Topliss-reactive ketones (excluding diaryl/α,β-unsaturated/α-hetero) is 1. The summed E-state index contributed by atoms with van der Waals surface area (Å²) in [4.78, 5) is 14.4. The predicted octanol–water partition coefficient (Wildman–Crippen LogP) is 1.94. The molecular formula is C15H24N2O2.